The molecule has 2 rings (SSSR count). The number of rotatable bonds is 3. The average molecular weight is 283 g/mol. The number of nitrogens with zero attached hydrogens (tertiary/aromatic N) is 1. The lowest BCUT2D eigenvalue weighted by atomic mass is 10.0. The van der Waals surface area contributed by atoms with Crippen LogP contribution in [0.15, 0.2) is 36.7 Å². The Morgan fingerprint density at radius 3 is 2.50 bits per heavy atom. The zero-order chi connectivity index (χ0) is 14.8. The van der Waals surface area contributed by atoms with E-state index in [0.29, 0.717) is 22.5 Å². The molecule has 0 saturated carbocycles. The molecule has 0 aliphatic carbocycles. The normalized spacial score (nSPS) is 11.3. The zero-order valence-corrected chi connectivity index (χ0v) is 10.3. The van der Waals surface area contributed by atoms with Crippen LogP contribution in [-0.4, -0.2) is 17.8 Å². The molecule has 0 fully saturated rings. The summed E-state index contributed by atoms with van der Waals surface area (Å²) in [6, 6.07) is 6.36. The Labute approximate surface area is 113 Å². The van der Waals surface area contributed by atoms with Gasteiger partial charge in [-0.15, -0.1) is 0 Å². The number of pyridine rings is 1. The van der Waals surface area contributed by atoms with Gasteiger partial charge < -0.3 is 16.2 Å². The van der Waals surface area contributed by atoms with Crippen molar-refractivity contribution in [3.63, 3.8) is 0 Å². The molecule has 2 aromatic rings. The van der Waals surface area contributed by atoms with Gasteiger partial charge in [0.1, 0.15) is 5.75 Å². The number of benzene rings is 1. The minimum Gasteiger partial charge on any atom is -0.482 e. The molecule has 7 heteroatoms. The van der Waals surface area contributed by atoms with Gasteiger partial charge in [0.25, 0.3) is 0 Å². The second-order valence-electron chi connectivity index (χ2n) is 4.12. The molecule has 4 N–H and O–H groups in total. The molecule has 0 saturated heterocycles. The second-order valence-corrected chi connectivity index (χ2v) is 4.12. The minimum absolute atomic E-state index is 0.0361. The fourth-order valence-electron chi connectivity index (χ4n) is 1.64. The van der Waals surface area contributed by atoms with Gasteiger partial charge in [0.2, 0.25) is 0 Å². The highest BCUT2D eigenvalue weighted by Gasteiger charge is 2.29. The van der Waals surface area contributed by atoms with E-state index in [4.69, 9.17) is 16.2 Å². The fourth-order valence-corrected chi connectivity index (χ4v) is 1.64. The first kappa shape index (κ1) is 14.0. The molecule has 1 heterocycles. The Kier molecular flexibility index (Phi) is 3.69. The summed E-state index contributed by atoms with van der Waals surface area (Å²) in [5.41, 5.74) is 13.1. The van der Waals surface area contributed by atoms with Gasteiger partial charge in [0.15, 0.2) is 6.61 Å². The maximum Gasteiger partial charge on any atom is 0.422 e. The van der Waals surface area contributed by atoms with E-state index < -0.39 is 12.8 Å². The predicted octanol–water partition coefficient (Wildman–Crippen LogP) is 2.85. The van der Waals surface area contributed by atoms with Crippen LogP contribution in [-0.2, 0) is 0 Å². The second kappa shape index (κ2) is 5.28. The molecular weight excluding hydrogens is 271 g/mol. The van der Waals surface area contributed by atoms with Gasteiger partial charge in [-0.3, -0.25) is 4.98 Å². The maximum absolute atomic E-state index is 12.2. The number of anilines is 2. The summed E-state index contributed by atoms with van der Waals surface area (Å²) in [5.74, 6) is 0.0361. The summed E-state index contributed by atoms with van der Waals surface area (Å²) in [4.78, 5) is 3.76. The molecule has 1 aromatic carbocycles. The van der Waals surface area contributed by atoms with Crippen molar-refractivity contribution in [1.29, 1.82) is 0 Å². The quantitative estimate of drug-likeness (QED) is 0.849. The van der Waals surface area contributed by atoms with Crippen LogP contribution >= 0.6 is 0 Å². The van der Waals surface area contributed by atoms with Crippen LogP contribution in [0.4, 0.5) is 24.5 Å². The predicted molar refractivity (Wildman–Crippen MR) is 70.0 cm³/mol. The maximum atomic E-state index is 12.2. The first-order chi connectivity index (χ1) is 9.37. The molecule has 0 radical (unpaired) electrons. The number of halogens is 3. The Morgan fingerprint density at radius 1 is 1.10 bits per heavy atom. The third-order valence-corrected chi connectivity index (χ3v) is 2.57. The number of hydrogen-bond donors (Lipinski definition) is 2. The SMILES string of the molecule is Nc1ccc(-c2ccncc2OCC(F)(F)F)cc1N. The number of ether oxygens (including phenoxy) is 1. The van der Waals surface area contributed by atoms with Gasteiger partial charge in [-0.1, -0.05) is 6.07 Å². The van der Waals surface area contributed by atoms with Gasteiger partial charge >= 0.3 is 6.18 Å². The molecule has 4 nitrogen and oxygen atoms in total. The van der Waals surface area contributed by atoms with Crippen LogP contribution in [0.5, 0.6) is 5.75 Å². The van der Waals surface area contributed by atoms with Gasteiger partial charge in [-0.05, 0) is 23.8 Å². The summed E-state index contributed by atoms with van der Waals surface area (Å²) in [6.45, 7) is -1.38. The van der Waals surface area contributed by atoms with Crippen molar-refractivity contribution in [2.24, 2.45) is 0 Å². The Bertz CT molecular complexity index is 614. The molecule has 0 spiro atoms. The number of nitrogens with two attached hydrogens (primary N) is 2. The van der Waals surface area contributed by atoms with E-state index in [0.717, 1.165) is 0 Å². The Balaban J connectivity index is 2.34. The number of nitrogen functional groups attached to an aromatic ring is 2. The molecule has 0 atom stereocenters. The lowest BCUT2D eigenvalue weighted by Crippen LogP contribution is -2.19. The number of hydrogen-bond acceptors (Lipinski definition) is 4. The first-order valence-corrected chi connectivity index (χ1v) is 5.66. The van der Waals surface area contributed by atoms with Crippen molar-refractivity contribution >= 4 is 11.4 Å². The summed E-state index contributed by atoms with van der Waals surface area (Å²) in [7, 11) is 0. The van der Waals surface area contributed by atoms with Gasteiger partial charge in [-0.2, -0.15) is 13.2 Å². The monoisotopic (exact) mass is 283 g/mol. The van der Waals surface area contributed by atoms with E-state index in [1.165, 1.54) is 12.4 Å². The van der Waals surface area contributed by atoms with Crippen molar-refractivity contribution < 1.29 is 17.9 Å². The molecule has 20 heavy (non-hydrogen) atoms. The topological polar surface area (TPSA) is 74.2 Å². The molecule has 0 aliphatic rings. The smallest absolute Gasteiger partial charge is 0.422 e. The fraction of sp³-hybridized carbons (Fsp3) is 0.154. The number of alkyl halides is 3. The van der Waals surface area contributed by atoms with Crippen molar-refractivity contribution in [1.82, 2.24) is 4.98 Å². The Morgan fingerprint density at radius 2 is 1.85 bits per heavy atom. The molecule has 0 bridgehead atoms. The summed E-state index contributed by atoms with van der Waals surface area (Å²) < 4.78 is 41.4. The van der Waals surface area contributed by atoms with Crippen molar-refractivity contribution in [3.05, 3.63) is 36.7 Å². The van der Waals surface area contributed by atoms with E-state index in [1.807, 2.05) is 0 Å². The lowest BCUT2D eigenvalue weighted by molar-refractivity contribution is -0.153. The van der Waals surface area contributed by atoms with E-state index in [1.54, 1.807) is 24.3 Å². The van der Waals surface area contributed by atoms with Crippen LogP contribution in [0.3, 0.4) is 0 Å². The summed E-state index contributed by atoms with van der Waals surface area (Å²) in [5, 5.41) is 0. The Hall–Kier alpha value is -2.44. The third-order valence-electron chi connectivity index (χ3n) is 2.57. The molecular formula is C13H12F3N3O. The van der Waals surface area contributed by atoms with Gasteiger partial charge in [-0.25, -0.2) is 0 Å². The van der Waals surface area contributed by atoms with Gasteiger partial charge in [0, 0.05) is 11.8 Å². The first-order valence-electron chi connectivity index (χ1n) is 5.66. The van der Waals surface area contributed by atoms with Crippen LogP contribution in [0.1, 0.15) is 0 Å². The van der Waals surface area contributed by atoms with Crippen LogP contribution in [0.25, 0.3) is 11.1 Å². The van der Waals surface area contributed by atoms with Crippen molar-refractivity contribution in [2.45, 2.75) is 6.18 Å². The lowest BCUT2D eigenvalue weighted by Gasteiger charge is -2.13. The van der Waals surface area contributed by atoms with Crippen molar-refractivity contribution in [2.75, 3.05) is 18.1 Å². The highest BCUT2D eigenvalue weighted by atomic mass is 19.4. The number of aromatic nitrogens is 1. The highest BCUT2D eigenvalue weighted by Crippen LogP contribution is 2.32. The molecule has 106 valence electrons. The standard InChI is InChI=1S/C13H12F3N3O/c14-13(15,16)7-20-12-6-19-4-3-9(12)8-1-2-10(17)11(18)5-8/h1-6H,7,17-18H2. The summed E-state index contributed by atoms with van der Waals surface area (Å²) >= 11 is 0. The molecule has 0 unspecified atom stereocenters. The van der Waals surface area contributed by atoms with Crippen LogP contribution < -0.4 is 16.2 Å². The third kappa shape index (κ3) is 3.31. The van der Waals surface area contributed by atoms with E-state index in [2.05, 4.69) is 4.98 Å². The van der Waals surface area contributed by atoms with E-state index in [-0.39, 0.29) is 5.75 Å². The largest absolute Gasteiger partial charge is 0.482 e. The van der Waals surface area contributed by atoms with Gasteiger partial charge in [0.05, 0.1) is 17.6 Å². The van der Waals surface area contributed by atoms with Crippen LogP contribution in [0, 0.1) is 0 Å². The van der Waals surface area contributed by atoms with E-state index in [9.17, 15) is 13.2 Å². The van der Waals surface area contributed by atoms with Crippen LogP contribution in [0.2, 0.25) is 0 Å². The average Bonchev–Trinajstić information content (AvgIpc) is 2.39. The minimum atomic E-state index is -4.41. The molecule has 0 amide bonds. The summed E-state index contributed by atoms with van der Waals surface area (Å²) in [6.07, 6.45) is -1.72. The zero-order valence-electron chi connectivity index (χ0n) is 10.3. The molecule has 0 aliphatic heterocycles. The van der Waals surface area contributed by atoms with E-state index >= 15 is 0 Å². The van der Waals surface area contributed by atoms with Crippen molar-refractivity contribution in [3.8, 4) is 16.9 Å². The molecule has 1 aromatic heterocycles. The highest BCUT2D eigenvalue weighted by molar-refractivity contribution is 5.77.